The summed E-state index contributed by atoms with van der Waals surface area (Å²) in [5.74, 6) is 0.00225. The Morgan fingerprint density at radius 3 is 2.44 bits per heavy atom. The standard InChI is InChI=1S/C13H9NOSe/c15-13-9-5-1-3-7-11(9)16-12-8-4-2-6-10(12)14-13/h1-8H,(H,14,15). The van der Waals surface area contributed by atoms with Crippen molar-refractivity contribution in [3.05, 3.63) is 54.1 Å². The van der Waals surface area contributed by atoms with Crippen molar-refractivity contribution in [2.75, 3.05) is 5.32 Å². The summed E-state index contributed by atoms with van der Waals surface area (Å²) in [5, 5.41) is 2.96. The SMILES string of the molecule is O=C1Nc2ccccc2[Se]c2ccccc21. The van der Waals surface area contributed by atoms with Crippen LogP contribution >= 0.6 is 0 Å². The van der Waals surface area contributed by atoms with E-state index in [1.54, 1.807) is 0 Å². The molecule has 2 aromatic rings. The van der Waals surface area contributed by atoms with Gasteiger partial charge in [0.2, 0.25) is 0 Å². The first kappa shape index (κ1) is 9.64. The molecule has 0 aliphatic carbocycles. The van der Waals surface area contributed by atoms with Crippen molar-refractivity contribution >= 4 is 35.5 Å². The molecule has 1 heterocycles. The Morgan fingerprint density at radius 1 is 0.875 bits per heavy atom. The average Bonchev–Trinajstić information content (AvgIpc) is 2.45. The van der Waals surface area contributed by atoms with Crippen LogP contribution in [0.2, 0.25) is 0 Å². The zero-order valence-corrected chi connectivity index (χ0v) is 10.1. The fourth-order valence-electron chi connectivity index (χ4n) is 1.71. The van der Waals surface area contributed by atoms with Gasteiger partial charge in [-0.2, -0.15) is 0 Å². The molecule has 0 unspecified atom stereocenters. The van der Waals surface area contributed by atoms with Crippen LogP contribution in [0.1, 0.15) is 10.4 Å². The molecule has 3 rings (SSSR count). The van der Waals surface area contributed by atoms with Gasteiger partial charge in [0.1, 0.15) is 0 Å². The van der Waals surface area contributed by atoms with Gasteiger partial charge in [-0.1, -0.05) is 0 Å². The van der Waals surface area contributed by atoms with E-state index in [1.165, 1.54) is 4.46 Å². The Kier molecular flexibility index (Phi) is 2.28. The molecule has 1 amide bonds. The zero-order valence-electron chi connectivity index (χ0n) is 8.44. The van der Waals surface area contributed by atoms with E-state index >= 15 is 0 Å². The van der Waals surface area contributed by atoms with Gasteiger partial charge in [0, 0.05) is 0 Å². The van der Waals surface area contributed by atoms with Gasteiger partial charge in [0.15, 0.2) is 0 Å². The Labute approximate surface area is 99.8 Å². The molecule has 1 aliphatic heterocycles. The fraction of sp³-hybridized carbons (Fsp3) is 0. The number of rotatable bonds is 0. The second kappa shape index (κ2) is 3.78. The van der Waals surface area contributed by atoms with Crippen LogP contribution in [0.4, 0.5) is 5.69 Å². The third-order valence-electron chi connectivity index (χ3n) is 2.49. The van der Waals surface area contributed by atoms with E-state index in [0.29, 0.717) is 0 Å². The van der Waals surface area contributed by atoms with Crippen LogP contribution in [-0.4, -0.2) is 20.9 Å². The second-order valence-electron chi connectivity index (χ2n) is 3.55. The van der Waals surface area contributed by atoms with Gasteiger partial charge in [0.05, 0.1) is 0 Å². The Morgan fingerprint density at radius 2 is 1.56 bits per heavy atom. The van der Waals surface area contributed by atoms with Crippen LogP contribution < -0.4 is 14.2 Å². The summed E-state index contributed by atoms with van der Waals surface area (Å²) in [7, 11) is 0. The second-order valence-corrected chi connectivity index (χ2v) is 5.82. The van der Waals surface area contributed by atoms with Gasteiger partial charge >= 0.3 is 99.7 Å². The predicted octanol–water partition coefficient (Wildman–Crippen LogP) is 0.907. The Bertz CT molecular complexity index is 565. The van der Waals surface area contributed by atoms with Crippen molar-refractivity contribution in [1.82, 2.24) is 0 Å². The van der Waals surface area contributed by atoms with Gasteiger partial charge in [0.25, 0.3) is 0 Å². The summed E-state index contributed by atoms with van der Waals surface area (Å²) in [6.07, 6.45) is 0. The molecule has 0 spiro atoms. The van der Waals surface area contributed by atoms with E-state index in [1.807, 2.05) is 42.5 Å². The molecule has 0 saturated heterocycles. The summed E-state index contributed by atoms with van der Waals surface area (Å²) in [6.45, 7) is 0. The number of amides is 1. The summed E-state index contributed by atoms with van der Waals surface area (Å²) < 4.78 is 2.38. The van der Waals surface area contributed by atoms with Crippen LogP contribution in [-0.2, 0) is 0 Å². The molecule has 78 valence electrons. The van der Waals surface area contributed by atoms with Crippen molar-refractivity contribution in [2.24, 2.45) is 0 Å². The number of fused-ring (bicyclic) bond motifs is 2. The molecule has 0 bridgehead atoms. The van der Waals surface area contributed by atoms with E-state index in [9.17, 15) is 4.79 Å². The van der Waals surface area contributed by atoms with Crippen molar-refractivity contribution in [3.8, 4) is 0 Å². The molecule has 0 radical (unpaired) electrons. The molecule has 1 aliphatic rings. The van der Waals surface area contributed by atoms with Crippen LogP contribution in [0, 0.1) is 0 Å². The topological polar surface area (TPSA) is 29.1 Å². The number of carbonyl (C=O) groups is 1. The molecular weight excluding hydrogens is 265 g/mol. The van der Waals surface area contributed by atoms with Crippen LogP contribution in [0.5, 0.6) is 0 Å². The third kappa shape index (κ3) is 1.54. The van der Waals surface area contributed by atoms with E-state index in [4.69, 9.17) is 0 Å². The fourth-order valence-corrected chi connectivity index (χ4v) is 3.87. The van der Waals surface area contributed by atoms with Crippen molar-refractivity contribution in [2.45, 2.75) is 0 Å². The molecule has 16 heavy (non-hydrogen) atoms. The first-order chi connectivity index (χ1) is 7.84. The maximum absolute atomic E-state index is 12.0. The van der Waals surface area contributed by atoms with Crippen LogP contribution in [0.3, 0.4) is 0 Å². The summed E-state index contributed by atoms with van der Waals surface area (Å²) >= 11 is 0.201. The molecule has 0 fully saturated rings. The van der Waals surface area contributed by atoms with Crippen LogP contribution in [0.25, 0.3) is 0 Å². The normalized spacial score (nSPS) is 13.4. The van der Waals surface area contributed by atoms with E-state index in [0.717, 1.165) is 15.7 Å². The summed E-state index contributed by atoms with van der Waals surface area (Å²) in [4.78, 5) is 12.0. The number of hydrogen-bond acceptors (Lipinski definition) is 1. The van der Waals surface area contributed by atoms with Crippen LogP contribution in [0.15, 0.2) is 48.5 Å². The monoisotopic (exact) mass is 275 g/mol. The van der Waals surface area contributed by atoms with E-state index in [2.05, 4.69) is 11.4 Å². The number of nitrogens with one attached hydrogen (secondary N) is 1. The van der Waals surface area contributed by atoms with Crippen molar-refractivity contribution < 1.29 is 4.79 Å². The number of benzene rings is 2. The molecule has 0 aromatic heterocycles. The van der Waals surface area contributed by atoms with Gasteiger partial charge < -0.3 is 0 Å². The molecule has 0 atom stereocenters. The van der Waals surface area contributed by atoms with E-state index in [-0.39, 0.29) is 20.9 Å². The molecule has 3 heteroatoms. The summed E-state index contributed by atoms with van der Waals surface area (Å²) in [6, 6.07) is 15.8. The first-order valence-electron chi connectivity index (χ1n) is 5.02. The molecule has 0 saturated carbocycles. The molecule has 2 aromatic carbocycles. The first-order valence-corrected chi connectivity index (χ1v) is 6.73. The third-order valence-corrected chi connectivity index (χ3v) is 4.90. The number of carbonyl (C=O) groups excluding carboxylic acids is 1. The van der Waals surface area contributed by atoms with Gasteiger partial charge in [-0.15, -0.1) is 0 Å². The minimum atomic E-state index is 0.00225. The number of para-hydroxylation sites is 1. The number of hydrogen-bond donors (Lipinski definition) is 1. The van der Waals surface area contributed by atoms with Crippen molar-refractivity contribution in [1.29, 1.82) is 0 Å². The van der Waals surface area contributed by atoms with Gasteiger partial charge in [-0.05, 0) is 0 Å². The quantitative estimate of drug-likeness (QED) is 0.711. The molecule has 2 nitrogen and oxygen atoms in total. The molecule has 1 N–H and O–H groups in total. The van der Waals surface area contributed by atoms with Crippen molar-refractivity contribution in [3.63, 3.8) is 0 Å². The number of anilines is 1. The van der Waals surface area contributed by atoms with Gasteiger partial charge in [-0.3, -0.25) is 0 Å². The zero-order chi connectivity index (χ0) is 11.0. The van der Waals surface area contributed by atoms with Gasteiger partial charge in [-0.25, -0.2) is 0 Å². The average molecular weight is 274 g/mol. The summed E-state index contributed by atoms with van der Waals surface area (Å²) in [5.41, 5.74) is 1.75. The minimum absolute atomic E-state index is 0.00225. The Balaban J connectivity index is 2.18. The maximum atomic E-state index is 12.0. The Hall–Kier alpha value is -1.57. The predicted molar refractivity (Wildman–Crippen MR) is 65.9 cm³/mol. The molecular formula is C13H9NOSe. The van der Waals surface area contributed by atoms with E-state index < -0.39 is 0 Å².